The number of thioether (sulfide) groups is 1. The van der Waals surface area contributed by atoms with Crippen LogP contribution in [0.3, 0.4) is 0 Å². The molecule has 0 spiro atoms. The van der Waals surface area contributed by atoms with Gasteiger partial charge in [-0.3, -0.25) is 19.1 Å². The van der Waals surface area contributed by atoms with E-state index in [1.807, 2.05) is 49.4 Å². The summed E-state index contributed by atoms with van der Waals surface area (Å²) in [5, 5.41) is 0.582. The number of aromatic nitrogens is 2. The summed E-state index contributed by atoms with van der Waals surface area (Å²) in [5.74, 6) is -0.203. The Hall–Kier alpha value is -2.97. The van der Waals surface area contributed by atoms with Gasteiger partial charge in [-0.2, -0.15) is 0 Å². The Morgan fingerprint density at radius 2 is 1.91 bits per heavy atom. The molecule has 7 nitrogen and oxygen atoms in total. The van der Waals surface area contributed by atoms with Crippen molar-refractivity contribution in [3.63, 3.8) is 0 Å². The highest BCUT2D eigenvalue weighted by Crippen LogP contribution is 2.24. The fourth-order valence-corrected chi connectivity index (χ4v) is 4.30. The SMILES string of the molecule is CCCCN(C(=O)CSc1cccc(Cl)c1)c1c(N)n(Cc2ccccc2)c(=O)[nH]c1=O. The van der Waals surface area contributed by atoms with E-state index in [0.29, 0.717) is 18.0 Å². The molecule has 1 amide bonds. The van der Waals surface area contributed by atoms with Crippen molar-refractivity contribution < 1.29 is 4.79 Å². The average molecular weight is 473 g/mol. The van der Waals surface area contributed by atoms with Crippen LogP contribution in [0.4, 0.5) is 11.5 Å². The van der Waals surface area contributed by atoms with E-state index in [1.165, 1.54) is 21.2 Å². The van der Waals surface area contributed by atoms with Crippen molar-refractivity contribution in [2.24, 2.45) is 0 Å². The van der Waals surface area contributed by atoms with Gasteiger partial charge in [0.05, 0.1) is 12.3 Å². The molecule has 0 fully saturated rings. The van der Waals surface area contributed by atoms with Gasteiger partial charge in [-0.1, -0.05) is 61.3 Å². The molecule has 0 radical (unpaired) electrons. The molecule has 2 aromatic carbocycles. The number of hydrogen-bond acceptors (Lipinski definition) is 5. The van der Waals surface area contributed by atoms with Crippen molar-refractivity contribution >= 4 is 40.8 Å². The van der Waals surface area contributed by atoms with E-state index in [0.717, 1.165) is 16.9 Å². The van der Waals surface area contributed by atoms with Gasteiger partial charge in [-0.25, -0.2) is 4.79 Å². The predicted octanol–water partition coefficient (Wildman–Crippen LogP) is 3.75. The molecule has 0 aliphatic heterocycles. The molecule has 3 aromatic rings. The van der Waals surface area contributed by atoms with Gasteiger partial charge in [0.2, 0.25) is 5.91 Å². The van der Waals surface area contributed by atoms with Crippen LogP contribution in [0.25, 0.3) is 0 Å². The molecule has 0 aliphatic rings. The lowest BCUT2D eigenvalue weighted by Gasteiger charge is -2.24. The zero-order valence-electron chi connectivity index (χ0n) is 17.7. The summed E-state index contributed by atoms with van der Waals surface area (Å²) in [6.45, 7) is 2.50. The van der Waals surface area contributed by atoms with E-state index in [4.69, 9.17) is 17.3 Å². The number of carbonyl (C=O) groups excluding carboxylic acids is 1. The Morgan fingerprint density at radius 3 is 2.59 bits per heavy atom. The van der Waals surface area contributed by atoms with E-state index in [1.54, 1.807) is 12.1 Å². The van der Waals surface area contributed by atoms with Crippen LogP contribution in [-0.4, -0.2) is 27.8 Å². The highest BCUT2D eigenvalue weighted by atomic mass is 35.5. The van der Waals surface area contributed by atoms with Crippen LogP contribution in [0.2, 0.25) is 5.02 Å². The molecule has 0 aliphatic carbocycles. The standard InChI is InChI=1S/C23H25ClN4O3S/c1-2-3-12-27(19(29)15-32-18-11-7-10-17(24)13-18)20-21(25)28(23(31)26-22(20)30)14-16-8-5-4-6-9-16/h4-11,13H,2-3,12,14-15,25H2,1H3,(H,26,30,31). The third-order valence-electron chi connectivity index (χ3n) is 4.86. The molecule has 3 N–H and O–H groups in total. The second-order valence-corrected chi connectivity index (χ2v) is 8.70. The zero-order chi connectivity index (χ0) is 23.1. The number of anilines is 2. The van der Waals surface area contributed by atoms with Crippen molar-refractivity contribution in [1.29, 1.82) is 0 Å². The van der Waals surface area contributed by atoms with E-state index in [2.05, 4.69) is 4.98 Å². The quantitative estimate of drug-likeness (QED) is 0.462. The summed E-state index contributed by atoms with van der Waals surface area (Å²) in [5.41, 5.74) is 5.86. The van der Waals surface area contributed by atoms with Crippen LogP contribution in [0.1, 0.15) is 25.3 Å². The fraction of sp³-hybridized carbons (Fsp3) is 0.261. The highest BCUT2D eigenvalue weighted by Gasteiger charge is 2.24. The number of nitrogens with zero attached hydrogens (tertiary/aromatic N) is 2. The number of unbranched alkanes of at least 4 members (excludes halogenated alkanes) is 1. The Kier molecular flexibility index (Phi) is 8.19. The first kappa shape index (κ1) is 23.7. The fourth-order valence-electron chi connectivity index (χ4n) is 3.22. The number of hydrogen-bond donors (Lipinski definition) is 2. The van der Waals surface area contributed by atoms with Crippen LogP contribution in [0, 0.1) is 0 Å². The maximum absolute atomic E-state index is 13.1. The number of aromatic amines is 1. The first-order chi connectivity index (χ1) is 15.4. The van der Waals surface area contributed by atoms with Gasteiger partial charge in [0.1, 0.15) is 5.82 Å². The Bertz CT molecular complexity index is 1190. The molecule has 0 atom stereocenters. The number of halogens is 1. The number of H-pyrrole nitrogens is 1. The van der Waals surface area contributed by atoms with Crippen molar-refractivity contribution in [1.82, 2.24) is 9.55 Å². The maximum atomic E-state index is 13.1. The number of nitrogens with two attached hydrogens (primary N) is 1. The number of rotatable bonds is 9. The number of nitrogen functional groups attached to an aromatic ring is 1. The normalized spacial score (nSPS) is 10.8. The van der Waals surface area contributed by atoms with Gasteiger partial charge < -0.3 is 10.6 Å². The third-order valence-corrected chi connectivity index (χ3v) is 6.08. The number of carbonyl (C=O) groups is 1. The molecule has 0 unspecified atom stereocenters. The summed E-state index contributed by atoms with van der Waals surface area (Å²) >= 11 is 7.35. The molecule has 0 saturated heterocycles. The molecule has 0 saturated carbocycles. The second-order valence-electron chi connectivity index (χ2n) is 7.21. The summed E-state index contributed by atoms with van der Waals surface area (Å²) in [6, 6.07) is 16.5. The molecule has 1 aromatic heterocycles. The molecular weight excluding hydrogens is 448 g/mol. The summed E-state index contributed by atoms with van der Waals surface area (Å²) < 4.78 is 1.28. The topological polar surface area (TPSA) is 101 Å². The van der Waals surface area contributed by atoms with Crippen molar-refractivity contribution in [2.45, 2.75) is 31.2 Å². The molecule has 1 heterocycles. The van der Waals surface area contributed by atoms with Crippen LogP contribution in [0.15, 0.2) is 69.1 Å². The summed E-state index contributed by atoms with van der Waals surface area (Å²) in [6.07, 6.45) is 1.51. The van der Waals surface area contributed by atoms with E-state index in [-0.39, 0.29) is 29.7 Å². The summed E-state index contributed by atoms with van der Waals surface area (Å²) in [4.78, 5) is 42.9. The van der Waals surface area contributed by atoms with Gasteiger partial charge in [0, 0.05) is 16.5 Å². The Morgan fingerprint density at radius 1 is 1.16 bits per heavy atom. The first-order valence-corrected chi connectivity index (χ1v) is 11.6. The molecule has 9 heteroatoms. The number of benzene rings is 2. The van der Waals surface area contributed by atoms with Crippen molar-refractivity contribution in [3.8, 4) is 0 Å². The smallest absolute Gasteiger partial charge is 0.330 e. The predicted molar refractivity (Wildman–Crippen MR) is 131 cm³/mol. The zero-order valence-corrected chi connectivity index (χ0v) is 19.3. The van der Waals surface area contributed by atoms with E-state index < -0.39 is 11.2 Å². The largest absolute Gasteiger partial charge is 0.383 e. The minimum Gasteiger partial charge on any atom is -0.383 e. The number of nitrogens with one attached hydrogen (secondary N) is 1. The van der Waals surface area contributed by atoms with Crippen LogP contribution in [0.5, 0.6) is 0 Å². The van der Waals surface area contributed by atoms with E-state index in [9.17, 15) is 14.4 Å². The number of amides is 1. The monoisotopic (exact) mass is 472 g/mol. The Labute approximate surface area is 195 Å². The Balaban J connectivity index is 1.93. The highest BCUT2D eigenvalue weighted by molar-refractivity contribution is 8.00. The average Bonchev–Trinajstić information content (AvgIpc) is 2.78. The summed E-state index contributed by atoms with van der Waals surface area (Å²) in [7, 11) is 0. The lowest BCUT2D eigenvalue weighted by molar-refractivity contribution is -0.116. The maximum Gasteiger partial charge on any atom is 0.330 e. The molecule has 168 valence electrons. The van der Waals surface area contributed by atoms with Crippen LogP contribution in [-0.2, 0) is 11.3 Å². The van der Waals surface area contributed by atoms with Crippen LogP contribution >= 0.6 is 23.4 Å². The van der Waals surface area contributed by atoms with Gasteiger partial charge in [-0.15, -0.1) is 11.8 Å². The van der Waals surface area contributed by atoms with Gasteiger partial charge in [-0.05, 0) is 30.2 Å². The van der Waals surface area contributed by atoms with Gasteiger partial charge in [0.15, 0.2) is 5.69 Å². The van der Waals surface area contributed by atoms with Gasteiger partial charge >= 0.3 is 5.69 Å². The van der Waals surface area contributed by atoms with Crippen molar-refractivity contribution in [3.05, 3.63) is 86.0 Å². The van der Waals surface area contributed by atoms with Gasteiger partial charge in [0.25, 0.3) is 5.56 Å². The van der Waals surface area contributed by atoms with Crippen LogP contribution < -0.4 is 21.9 Å². The van der Waals surface area contributed by atoms with Crippen molar-refractivity contribution in [2.75, 3.05) is 22.9 Å². The lowest BCUT2D eigenvalue weighted by atomic mass is 10.2. The minimum atomic E-state index is -0.672. The minimum absolute atomic E-state index is 0.00525. The second kappa shape index (κ2) is 11.1. The molecule has 0 bridgehead atoms. The third kappa shape index (κ3) is 5.83. The van der Waals surface area contributed by atoms with E-state index >= 15 is 0 Å². The molecule has 3 rings (SSSR count). The molecular formula is C23H25ClN4O3S. The lowest BCUT2D eigenvalue weighted by Crippen LogP contribution is -2.42. The molecule has 32 heavy (non-hydrogen) atoms. The first-order valence-electron chi connectivity index (χ1n) is 10.3.